The zero-order valence-electron chi connectivity index (χ0n) is 16.8. The van der Waals surface area contributed by atoms with E-state index in [0.29, 0.717) is 54.1 Å². The second kappa shape index (κ2) is 7.59. The van der Waals surface area contributed by atoms with Gasteiger partial charge in [0.2, 0.25) is 5.43 Å². The van der Waals surface area contributed by atoms with Gasteiger partial charge in [0.1, 0.15) is 29.0 Å². The Kier molecular flexibility index (Phi) is 4.77. The summed E-state index contributed by atoms with van der Waals surface area (Å²) in [6, 6.07) is 9.38. The summed E-state index contributed by atoms with van der Waals surface area (Å²) < 4.78 is 11.4. The number of fused-ring (bicyclic) bond motifs is 2. The smallest absolute Gasteiger partial charge is 0.203 e. The molecule has 0 atom stereocenters. The van der Waals surface area contributed by atoms with E-state index in [4.69, 9.17) is 9.15 Å². The van der Waals surface area contributed by atoms with Gasteiger partial charge in [0, 0.05) is 19.6 Å². The number of ether oxygens (including phenoxy) is 1. The van der Waals surface area contributed by atoms with Crippen LogP contribution in [0.25, 0.3) is 33.4 Å². The van der Waals surface area contributed by atoms with Crippen molar-refractivity contribution >= 4 is 22.0 Å². The average molecular weight is 405 g/mol. The van der Waals surface area contributed by atoms with E-state index in [1.165, 1.54) is 6.26 Å². The summed E-state index contributed by atoms with van der Waals surface area (Å²) in [4.78, 5) is 23.3. The molecule has 0 amide bonds. The molecule has 5 rings (SSSR count). The number of H-pyrrole nitrogens is 1. The Hall–Kier alpha value is -3.16. The molecule has 1 aliphatic rings. The highest BCUT2D eigenvalue weighted by Gasteiger charge is 2.22. The van der Waals surface area contributed by atoms with Gasteiger partial charge < -0.3 is 19.2 Å². The van der Waals surface area contributed by atoms with Crippen LogP contribution in [0.15, 0.2) is 45.8 Å². The number of hydrogen-bond acceptors (Lipinski definition) is 6. The molecule has 7 nitrogen and oxygen atoms in total. The van der Waals surface area contributed by atoms with Gasteiger partial charge >= 0.3 is 0 Å². The number of nitrogens with one attached hydrogen (secondary N) is 1. The number of aromatic nitrogens is 2. The number of aromatic hydroxyl groups is 1. The molecule has 1 saturated heterocycles. The Morgan fingerprint density at radius 3 is 2.80 bits per heavy atom. The fraction of sp³-hybridized carbons (Fsp3) is 0.304. The minimum Gasteiger partial charge on any atom is -0.507 e. The first-order valence-corrected chi connectivity index (χ1v) is 10.2. The monoisotopic (exact) mass is 405 g/mol. The minimum atomic E-state index is -0.159. The molecule has 2 N–H and O–H groups in total. The van der Waals surface area contributed by atoms with Crippen molar-refractivity contribution in [2.75, 3.05) is 26.3 Å². The normalized spacial score (nSPS) is 15.2. The molecule has 2 aromatic heterocycles. The van der Waals surface area contributed by atoms with Gasteiger partial charge in [-0.1, -0.05) is 19.1 Å². The van der Waals surface area contributed by atoms with Crippen molar-refractivity contribution < 1.29 is 14.3 Å². The number of para-hydroxylation sites is 2. The van der Waals surface area contributed by atoms with Crippen LogP contribution in [0.3, 0.4) is 0 Å². The standard InChI is InChI=1S/C23H23N3O4/c1-2-14-11-15-21(28)17(23-24-18-5-3-4-6-19(18)25-23)13-30-22(15)16(20(14)27)12-26-7-9-29-10-8-26/h3-6,11,13,27H,2,7-10,12H2,1H3,(H,24,25). The summed E-state index contributed by atoms with van der Waals surface area (Å²) in [5.41, 5.74) is 3.69. The van der Waals surface area contributed by atoms with Gasteiger partial charge in [-0.05, 0) is 30.2 Å². The molecule has 154 valence electrons. The molecular weight excluding hydrogens is 382 g/mol. The second-order valence-electron chi connectivity index (χ2n) is 7.56. The molecule has 1 fully saturated rings. The van der Waals surface area contributed by atoms with Gasteiger partial charge in [0.25, 0.3) is 0 Å². The lowest BCUT2D eigenvalue weighted by Crippen LogP contribution is -2.35. The molecule has 1 aliphatic heterocycles. The van der Waals surface area contributed by atoms with Gasteiger partial charge in [-0.25, -0.2) is 4.98 Å². The van der Waals surface area contributed by atoms with Crippen molar-refractivity contribution in [3.63, 3.8) is 0 Å². The number of phenols is 1. The summed E-state index contributed by atoms with van der Waals surface area (Å²) in [7, 11) is 0. The molecular formula is C23H23N3O4. The molecule has 0 unspecified atom stereocenters. The number of aromatic amines is 1. The number of phenolic OH excluding ortho intramolecular Hbond substituents is 1. The van der Waals surface area contributed by atoms with Crippen molar-refractivity contribution in [2.45, 2.75) is 19.9 Å². The van der Waals surface area contributed by atoms with Crippen molar-refractivity contribution in [3.05, 3.63) is 57.9 Å². The van der Waals surface area contributed by atoms with E-state index in [1.807, 2.05) is 31.2 Å². The van der Waals surface area contributed by atoms with Crippen molar-refractivity contribution in [1.29, 1.82) is 0 Å². The van der Waals surface area contributed by atoms with Crippen molar-refractivity contribution in [2.24, 2.45) is 0 Å². The number of hydrogen-bond donors (Lipinski definition) is 2. The Bertz CT molecular complexity index is 1250. The molecule has 0 bridgehead atoms. The number of aryl methyl sites for hydroxylation is 1. The third kappa shape index (κ3) is 3.16. The summed E-state index contributed by atoms with van der Waals surface area (Å²) in [5, 5.41) is 11.3. The summed E-state index contributed by atoms with van der Waals surface area (Å²) in [6.45, 7) is 5.34. The lowest BCUT2D eigenvalue weighted by molar-refractivity contribution is 0.0339. The molecule has 3 heterocycles. The van der Waals surface area contributed by atoms with Crippen molar-refractivity contribution in [3.8, 4) is 17.1 Å². The van der Waals surface area contributed by atoms with Crippen LogP contribution in [-0.4, -0.2) is 46.3 Å². The topological polar surface area (TPSA) is 91.6 Å². The van der Waals surface area contributed by atoms with E-state index in [0.717, 1.165) is 29.7 Å². The Morgan fingerprint density at radius 1 is 1.23 bits per heavy atom. The van der Waals surface area contributed by atoms with Crippen LogP contribution in [0.4, 0.5) is 0 Å². The molecule has 0 radical (unpaired) electrons. The fourth-order valence-corrected chi connectivity index (χ4v) is 4.03. The number of morpholine rings is 1. The lowest BCUT2D eigenvalue weighted by Gasteiger charge is -2.27. The Morgan fingerprint density at radius 2 is 2.03 bits per heavy atom. The van der Waals surface area contributed by atoms with E-state index in [-0.39, 0.29) is 11.2 Å². The van der Waals surface area contributed by atoms with Crippen LogP contribution in [0, 0.1) is 0 Å². The first kappa shape index (κ1) is 18.8. The molecule has 7 heteroatoms. The Labute approximate surface area is 172 Å². The highest BCUT2D eigenvalue weighted by molar-refractivity contribution is 5.87. The zero-order chi connectivity index (χ0) is 20.7. The van der Waals surface area contributed by atoms with Gasteiger partial charge in [0.15, 0.2) is 0 Å². The molecule has 0 aliphatic carbocycles. The van der Waals surface area contributed by atoms with E-state index < -0.39 is 0 Å². The van der Waals surface area contributed by atoms with E-state index in [2.05, 4.69) is 14.9 Å². The number of benzene rings is 2. The van der Waals surface area contributed by atoms with E-state index in [1.54, 1.807) is 6.07 Å². The van der Waals surface area contributed by atoms with Gasteiger partial charge in [-0.3, -0.25) is 9.69 Å². The van der Waals surface area contributed by atoms with E-state index in [9.17, 15) is 9.90 Å². The van der Waals surface area contributed by atoms with Gasteiger partial charge in [0.05, 0.1) is 35.2 Å². The molecule has 2 aromatic carbocycles. The Balaban J connectivity index is 1.67. The third-order valence-corrected chi connectivity index (χ3v) is 5.72. The third-order valence-electron chi connectivity index (χ3n) is 5.72. The highest BCUT2D eigenvalue weighted by Crippen LogP contribution is 2.33. The van der Waals surface area contributed by atoms with Crippen molar-refractivity contribution in [1.82, 2.24) is 14.9 Å². The maximum absolute atomic E-state index is 13.4. The molecule has 0 saturated carbocycles. The predicted octanol–water partition coefficient (Wildman–Crippen LogP) is 3.44. The quantitative estimate of drug-likeness (QED) is 0.540. The molecule has 30 heavy (non-hydrogen) atoms. The van der Waals surface area contributed by atoms with Crippen LogP contribution in [0.2, 0.25) is 0 Å². The number of rotatable bonds is 4. The van der Waals surface area contributed by atoms with Crippen LogP contribution < -0.4 is 5.43 Å². The van der Waals surface area contributed by atoms with Crippen LogP contribution in [0.1, 0.15) is 18.1 Å². The largest absolute Gasteiger partial charge is 0.507 e. The first-order chi connectivity index (χ1) is 14.7. The van der Waals surface area contributed by atoms with E-state index >= 15 is 0 Å². The van der Waals surface area contributed by atoms with Crippen LogP contribution >= 0.6 is 0 Å². The van der Waals surface area contributed by atoms with Gasteiger partial charge in [-0.2, -0.15) is 0 Å². The van der Waals surface area contributed by atoms with Crippen LogP contribution in [0.5, 0.6) is 5.75 Å². The maximum Gasteiger partial charge on any atom is 0.203 e. The molecule has 4 aromatic rings. The zero-order valence-corrected chi connectivity index (χ0v) is 16.8. The SMILES string of the molecule is CCc1cc2c(=O)c(-c3nc4ccccc4[nH]3)coc2c(CN2CCOCC2)c1O. The fourth-order valence-electron chi connectivity index (χ4n) is 4.03. The summed E-state index contributed by atoms with van der Waals surface area (Å²) >= 11 is 0. The average Bonchev–Trinajstić information content (AvgIpc) is 3.20. The first-order valence-electron chi connectivity index (χ1n) is 10.2. The summed E-state index contributed by atoms with van der Waals surface area (Å²) in [6.07, 6.45) is 2.06. The predicted molar refractivity (Wildman–Crippen MR) is 115 cm³/mol. The lowest BCUT2D eigenvalue weighted by atomic mass is 10.0. The van der Waals surface area contributed by atoms with Gasteiger partial charge in [-0.15, -0.1) is 0 Å². The maximum atomic E-state index is 13.4. The van der Waals surface area contributed by atoms with Crippen LogP contribution in [-0.2, 0) is 17.7 Å². The minimum absolute atomic E-state index is 0.159. The number of imidazole rings is 1. The molecule has 0 spiro atoms. The summed E-state index contributed by atoms with van der Waals surface area (Å²) in [5.74, 6) is 0.684. The second-order valence-corrected chi connectivity index (χ2v) is 7.56. The number of nitrogens with zero attached hydrogens (tertiary/aromatic N) is 2. The highest BCUT2D eigenvalue weighted by atomic mass is 16.5.